The van der Waals surface area contributed by atoms with Gasteiger partial charge in [0.15, 0.2) is 5.16 Å². The summed E-state index contributed by atoms with van der Waals surface area (Å²) < 4.78 is 7.62. The second-order valence-corrected chi connectivity index (χ2v) is 8.31. The van der Waals surface area contributed by atoms with Gasteiger partial charge in [-0.05, 0) is 49.9 Å². The summed E-state index contributed by atoms with van der Waals surface area (Å²) in [6.07, 6.45) is 2.21. The number of anilines is 2. The highest BCUT2D eigenvalue weighted by Crippen LogP contribution is 2.33. The third-order valence-electron chi connectivity index (χ3n) is 5.41. The first-order valence-electron chi connectivity index (χ1n) is 10.00. The predicted molar refractivity (Wildman–Crippen MR) is 110 cm³/mol. The fourth-order valence-electron chi connectivity index (χ4n) is 3.69. The summed E-state index contributed by atoms with van der Waals surface area (Å²) in [5.74, 6) is 3.07. The first-order chi connectivity index (χ1) is 13.7. The molecule has 7 nitrogen and oxygen atoms in total. The third-order valence-corrected chi connectivity index (χ3v) is 6.36. The summed E-state index contributed by atoms with van der Waals surface area (Å²) >= 11 is 1.49. The summed E-state index contributed by atoms with van der Waals surface area (Å²) in [5, 5.41) is 9.53. The van der Waals surface area contributed by atoms with Gasteiger partial charge in [0.05, 0.1) is 12.4 Å². The van der Waals surface area contributed by atoms with Gasteiger partial charge >= 0.3 is 0 Å². The van der Waals surface area contributed by atoms with Crippen LogP contribution in [0.1, 0.15) is 26.7 Å². The Kier molecular flexibility index (Phi) is 5.75. The van der Waals surface area contributed by atoms with E-state index in [1.807, 2.05) is 36.1 Å². The average molecular weight is 402 g/mol. The lowest BCUT2D eigenvalue weighted by Crippen LogP contribution is -2.38. The van der Waals surface area contributed by atoms with Gasteiger partial charge < -0.3 is 14.5 Å². The fourth-order valence-corrected chi connectivity index (χ4v) is 4.55. The van der Waals surface area contributed by atoms with Gasteiger partial charge in [-0.2, -0.15) is 0 Å². The molecule has 4 rings (SSSR count). The van der Waals surface area contributed by atoms with Crippen LogP contribution in [-0.2, 0) is 11.3 Å². The Morgan fingerprint density at radius 2 is 1.89 bits per heavy atom. The van der Waals surface area contributed by atoms with E-state index in [4.69, 9.17) is 4.74 Å². The number of fused-ring (bicyclic) bond motifs is 1. The molecule has 0 aliphatic carbocycles. The third kappa shape index (κ3) is 3.97. The molecule has 2 aliphatic heterocycles. The van der Waals surface area contributed by atoms with Crippen LogP contribution in [0.25, 0.3) is 0 Å². The van der Waals surface area contributed by atoms with Crippen LogP contribution in [0.4, 0.5) is 11.6 Å². The highest BCUT2D eigenvalue weighted by molar-refractivity contribution is 7.99. The minimum Gasteiger partial charge on any atom is -0.494 e. The number of nitrogens with zero attached hydrogens (tertiary/aromatic N) is 5. The number of ether oxygens (including phenoxy) is 1. The largest absolute Gasteiger partial charge is 0.494 e. The van der Waals surface area contributed by atoms with E-state index in [0.29, 0.717) is 12.4 Å². The van der Waals surface area contributed by atoms with Crippen molar-refractivity contribution in [1.29, 1.82) is 0 Å². The monoisotopic (exact) mass is 401 g/mol. The molecule has 150 valence electrons. The minimum atomic E-state index is 0.204. The molecule has 1 aromatic carbocycles. The van der Waals surface area contributed by atoms with Crippen LogP contribution < -0.4 is 9.64 Å². The first kappa shape index (κ1) is 19.1. The number of hydrogen-bond acceptors (Lipinski definition) is 6. The Balaban J connectivity index is 1.38. The molecule has 0 atom stereocenters. The highest BCUT2D eigenvalue weighted by Gasteiger charge is 2.27. The van der Waals surface area contributed by atoms with Crippen LogP contribution in [-0.4, -0.2) is 57.6 Å². The van der Waals surface area contributed by atoms with Crippen LogP contribution in [0.15, 0.2) is 29.4 Å². The number of carbonyl (C=O) groups excluding carboxylic acids is 1. The summed E-state index contributed by atoms with van der Waals surface area (Å²) in [7, 11) is 0. The molecule has 0 bridgehead atoms. The molecule has 1 saturated heterocycles. The number of likely N-dealkylation sites (tertiary alicyclic amines) is 1. The van der Waals surface area contributed by atoms with Crippen LogP contribution >= 0.6 is 11.8 Å². The highest BCUT2D eigenvalue weighted by atomic mass is 32.2. The van der Waals surface area contributed by atoms with Crippen molar-refractivity contribution in [3.63, 3.8) is 0 Å². The lowest BCUT2D eigenvalue weighted by molar-refractivity contribution is -0.129. The normalized spacial score (nSPS) is 17.1. The number of thioether (sulfide) groups is 1. The molecular formula is C20H27N5O2S. The van der Waals surface area contributed by atoms with E-state index < -0.39 is 0 Å². The standard InChI is InChI=1S/C20H27N5O2S/c1-3-27-17-6-4-16(5-7-17)24-12-13-25-19(24)21-22-20(25)28-14-18(26)23-10-8-15(2)9-11-23/h4-7,15H,3,8-14H2,1-2H3. The van der Waals surface area contributed by atoms with Gasteiger partial charge in [0.25, 0.3) is 0 Å². The van der Waals surface area contributed by atoms with Gasteiger partial charge in [-0.25, -0.2) is 0 Å². The maximum Gasteiger partial charge on any atom is 0.233 e. The second kappa shape index (κ2) is 8.43. The van der Waals surface area contributed by atoms with Crippen molar-refractivity contribution in [3.05, 3.63) is 24.3 Å². The molecule has 0 N–H and O–H groups in total. The van der Waals surface area contributed by atoms with E-state index in [2.05, 4.69) is 26.6 Å². The zero-order valence-electron chi connectivity index (χ0n) is 16.5. The van der Waals surface area contributed by atoms with Gasteiger partial charge in [-0.15, -0.1) is 10.2 Å². The Hall–Kier alpha value is -2.22. The lowest BCUT2D eigenvalue weighted by atomic mass is 9.99. The Morgan fingerprint density at radius 3 is 2.61 bits per heavy atom. The van der Waals surface area contributed by atoms with Gasteiger partial charge in [-0.1, -0.05) is 18.7 Å². The molecule has 1 aromatic heterocycles. The molecule has 28 heavy (non-hydrogen) atoms. The smallest absolute Gasteiger partial charge is 0.233 e. The Morgan fingerprint density at radius 1 is 1.14 bits per heavy atom. The van der Waals surface area contributed by atoms with E-state index in [9.17, 15) is 4.79 Å². The SMILES string of the molecule is CCOc1ccc(N2CCn3c(SCC(=O)N4CCC(C)CC4)nnc32)cc1. The molecular weight excluding hydrogens is 374 g/mol. The van der Waals surface area contributed by atoms with Gasteiger partial charge in [0, 0.05) is 31.9 Å². The maximum absolute atomic E-state index is 12.5. The predicted octanol–water partition coefficient (Wildman–Crippen LogP) is 3.18. The van der Waals surface area contributed by atoms with Gasteiger partial charge in [-0.3, -0.25) is 9.36 Å². The second-order valence-electron chi connectivity index (χ2n) is 7.36. The number of amides is 1. The Labute approximate surface area is 170 Å². The molecule has 1 amide bonds. The van der Waals surface area contributed by atoms with Crippen molar-refractivity contribution in [3.8, 4) is 5.75 Å². The van der Waals surface area contributed by atoms with Crippen molar-refractivity contribution in [2.75, 3.05) is 36.9 Å². The number of aromatic nitrogens is 3. The molecule has 2 aliphatic rings. The Bertz CT molecular complexity index is 815. The van der Waals surface area contributed by atoms with Crippen LogP contribution in [0.3, 0.4) is 0 Å². The van der Waals surface area contributed by atoms with E-state index in [1.54, 1.807) is 0 Å². The van der Waals surface area contributed by atoms with Crippen LogP contribution in [0.5, 0.6) is 5.75 Å². The van der Waals surface area contributed by atoms with Crippen molar-refractivity contribution < 1.29 is 9.53 Å². The van der Waals surface area contributed by atoms with Crippen molar-refractivity contribution >= 4 is 29.3 Å². The van der Waals surface area contributed by atoms with Crippen molar-refractivity contribution in [2.45, 2.75) is 38.4 Å². The molecule has 0 unspecified atom stereocenters. The number of piperidine rings is 1. The number of benzene rings is 1. The van der Waals surface area contributed by atoms with Crippen LogP contribution in [0.2, 0.25) is 0 Å². The molecule has 3 heterocycles. The number of hydrogen-bond donors (Lipinski definition) is 0. The number of rotatable bonds is 6. The summed E-state index contributed by atoms with van der Waals surface area (Å²) in [5.41, 5.74) is 1.07. The zero-order chi connectivity index (χ0) is 19.5. The summed E-state index contributed by atoms with van der Waals surface area (Å²) in [6, 6.07) is 8.05. The average Bonchev–Trinajstić information content (AvgIpc) is 3.30. The van der Waals surface area contributed by atoms with Crippen LogP contribution in [0, 0.1) is 5.92 Å². The first-order valence-corrected chi connectivity index (χ1v) is 11.0. The molecule has 0 saturated carbocycles. The van der Waals surface area contributed by atoms with E-state index in [1.165, 1.54) is 11.8 Å². The maximum atomic E-state index is 12.5. The van der Waals surface area contributed by atoms with Gasteiger partial charge in [0.2, 0.25) is 11.9 Å². The lowest BCUT2D eigenvalue weighted by Gasteiger charge is -2.30. The molecule has 8 heteroatoms. The van der Waals surface area contributed by atoms with Gasteiger partial charge in [0.1, 0.15) is 5.75 Å². The quantitative estimate of drug-likeness (QED) is 0.693. The fraction of sp³-hybridized carbons (Fsp3) is 0.550. The van der Waals surface area contributed by atoms with E-state index in [0.717, 1.165) is 67.5 Å². The van der Waals surface area contributed by atoms with E-state index >= 15 is 0 Å². The minimum absolute atomic E-state index is 0.204. The topological polar surface area (TPSA) is 63.5 Å². The van der Waals surface area contributed by atoms with Crippen molar-refractivity contribution in [1.82, 2.24) is 19.7 Å². The number of carbonyl (C=O) groups is 1. The molecule has 0 spiro atoms. The van der Waals surface area contributed by atoms with Crippen molar-refractivity contribution in [2.24, 2.45) is 5.92 Å². The zero-order valence-corrected chi connectivity index (χ0v) is 17.3. The molecule has 2 aromatic rings. The molecule has 0 radical (unpaired) electrons. The van der Waals surface area contributed by atoms with E-state index in [-0.39, 0.29) is 5.91 Å². The summed E-state index contributed by atoms with van der Waals surface area (Å²) in [6.45, 7) is 8.33. The summed E-state index contributed by atoms with van der Waals surface area (Å²) in [4.78, 5) is 16.6. The molecule has 1 fully saturated rings.